The number of rotatable bonds is 13. The summed E-state index contributed by atoms with van der Waals surface area (Å²) in [5.74, 6) is 0.338. The highest BCUT2D eigenvalue weighted by Crippen LogP contribution is 2.21. The van der Waals surface area contributed by atoms with Gasteiger partial charge in [0, 0.05) is 36.2 Å². The van der Waals surface area contributed by atoms with E-state index >= 15 is 0 Å². The lowest BCUT2D eigenvalue weighted by Gasteiger charge is -2.19. The number of guanidine groups is 1. The largest absolute Gasteiger partial charge is 0.449 e. The predicted molar refractivity (Wildman–Crippen MR) is 144 cm³/mol. The molecule has 1 heterocycles. The number of ether oxygens (including phenoxy) is 1. The lowest BCUT2D eigenvalue weighted by atomic mass is 10.1. The Hall–Kier alpha value is -5.06. The van der Waals surface area contributed by atoms with Crippen LogP contribution in [0, 0.1) is 19.3 Å². The van der Waals surface area contributed by atoms with Crippen LogP contribution in [-0.2, 0) is 19.1 Å². The van der Waals surface area contributed by atoms with Gasteiger partial charge in [0.05, 0.1) is 6.54 Å². The van der Waals surface area contributed by atoms with Gasteiger partial charge in [0.25, 0.3) is 0 Å². The maximum Gasteiger partial charge on any atom is 0.407 e. The van der Waals surface area contributed by atoms with Crippen molar-refractivity contribution in [3.05, 3.63) is 40.2 Å². The summed E-state index contributed by atoms with van der Waals surface area (Å²) in [7, 11) is 0. The van der Waals surface area contributed by atoms with E-state index in [4.69, 9.17) is 27.0 Å². The summed E-state index contributed by atoms with van der Waals surface area (Å²) in [5, 5.41) is 10.5. The highest BCUT2D eigenvalue weighted by atomic mass is 16.5. The zero-order valence-corrected chi connectivity index (χ0v) is 21.4. The van der Waals surface area contributed by atoms with Crippen molar-refractivity contribution < 1.29 is 28.3 Å². The summed E-state index contributed by atoms with van der Waals surface area (Å²) in [5.41, 5.74) is 11.5. The maximum atomic E-state index is 13.0. The number of nitrogens with two attached hydrogens (primary N) is 2. The molecule has 8 N–H and O–H groups in total. The average Bonchev–Trinajstić information content (AvgIpc) is 2.87. The van der Waals surface area contributed by atoms with Crippen LogP contribution in [0.15, 0.2) is 38.5 Å². The molecule has 1 atom stereocenters. The third kappa shape index (κ3) is 10.8. The van der Waals surface area contributed by atoms with Gasteiger partial charge in [-0.2, -0.15) is 0 Å². The molecule has 2 aromatic rings. The van der Waals surface area contributed by atoms with Crippen molar-refractivity contribution in [2.75, 3.05) is 31.6 Å². The molecule has 0 spiro atoms. The van der Waals surface area contributed by atoms with Gasteiger partial charge in [-0.25, -0.2) is 9.59 Å². The average molecular weight is 542 g/mol. The van der Waals surface area contributed by atoms with Crippen molar-refractivity contribution in [2.24, 2.45) is 16.5 Å². The summed E-state index contributed by atoms with van der Waals surface area (Å²) in [4.78, 5) is 64.4. The van der Waals surface area contributed by atoms with Gasteiger partial charge in [-0.1, -0.05) is 0 Å². The van der Waals surface area contributed by atoms with Crippen LogP contribution in [0.5, 0.6) is 0 Å². The van der Waals surface area contributed by atoms with Crippen molar-refractivity contribution >= 4 is 46.4 Å². The van der Waals surface area contributed by atoms with E-state index in [-0.39, 0.29) is 32.0 Å². The molecule has 0 aliphatic carbocycles. The number of terminal acetylenes is 1. The first-order valence-corrected chi connectivity index (χ1v) is 11.9. The monoisotopic (exact) mass is 541 g/mol. The number of benzene rings is 1. The fourth-order valence-electron chi connectivity index (χ4n) is 3.30. The van der Waals surface area contributed by atoms with Gasteiger partial charge in [-0.15, -0.1) is 12.3 Å². The molecule has 14 nitrogen and oxygen atoms in total. The van der Waals surface area contributed by atoms with Crippen LogP contribution in [0.1, 0.15) is 24.8 Å². The Morgan fingerprint density at radius 2 is 1.87 bits per heavy atom. The van der Waals surface area contributed by atoms with Crippen molar-refractivity contribution in [3.8, 4) is 12.3 Å². The second kappa shape index (κ2) is 15.3. The van der Waals surface area contributed by atoms with E-state index in [9.17, 15) is 24.0 Å². The number of carbonyl (C=O) groups is 4. The minimum atomic E-state index is -1.01. The Bertz CT molecular complexity index is 1330. The number of aryl methyl sites for hydroxylation is 1. The van der Waals surface area contributed by atoms with E-state index < -0.39 is 48.6 Å². The van der Waals surface area contributed by atoms with Crippen LogP contribution >= 0.6 is 0 Å². The number of carbonyl (C=O) groups excluding carboxylic acids is 4. The van der Waals surface area contributed by atoms with Gasteiger partial charge in [0.1, 0.15) is 24.8 Å². The molecule has 0 aliphatic rings. The van der Waals surface area contributed by atoms with Crippen molar-refractivity contribution in [2.45, 2.75) is 32.2 Å². The van der Waals surface area contributed by atoms with Gasteiger partial charge in [0.2, 0.25) is 17.7 Å². The molecule has 0 saturated carbocycles. The molecule has 2 rings (SSSR count). The predicted octanol–water partition coefficient (Wildman–Crippen LogP) is -0.556. The molecule has 39 heavy (non-hydrogen) atoms. The van der Waals surface area contributed by atoms with E-state index in [2.05, 4.69) is 32.2 Å². The van der Waals surface area contributed by atoms with Crippen LogP contribution < -0.4 is 38.4 Å². The van der Waals surface area contributed by atoms with E-state index in [1.807, 2.05) is 0 Å². The Balaban J connectivity index is 1.97. The number of amides is 4. The summed E-state index contributed by atoms with van der Waals surface area (Å²) in [6.45, 7) is 1.11. The smallest absolute Gasteiger partial charge is 0.407 e. The van der Waals surface area contributed by atoms with E-state index in [0.29, 0.717) is 23.1 Å². The molecule has 1 aromatic carbocycles. The minimum absolute atomic E-state index is 0.00624. The molecule has 208 valence electrons. The molecular weight excluding hydrogens is 510 g/mol. The van der Waals surface area contributed by atoms with Gasteiger partial charge in [-0.3, -0.25) is 19.4 Å². The lowest BCUT2D eigenvalue weighted by molar-refractivity contribution is -0.128. The summed E-state index contributed by atoms with van der Waals surface area (Å²) in [6, 6.07) is 5.20. The standard InChI is InChI=1S/C25H31N7O7/c1-3-4-10-38-25(37)30-13-20(33)29-14-21(34)32-18(6-5-9-28-24(26)27)23(36)31-16-7-8-17-15(2)11-22(35)39-19(17)12-16/h1,7-8,11-12,18H,4-6,9-10,13-14H2,2H3,(H,29,33)(H,30,37)(H,31,36)(H,32,34)(H4,26,27,28)/t18-/m0/s1. The van der Waals surface area contributed by atoms with Crippen molar-refractivity contribution in [3.63, 3.8) is 0 Å². The van der Waals surface area contributed by atoms with Crippen LogP contribution in [0.25, 0.3) is 11.0 Å². The Labute approximate surface area is 223 Å². The molecule has 0 bridgehead atoms. The van der Waals surface area contributed by atoms with Crippen molar-refractivity contribution in [1.82, 2.24) is 16.0 Å². The Kier molecular flexibility index (Phi) is 11.8. The highest BCUT2D eigenvalue weighted by Gasteiger charge is 2.21. The molecule has 0 saturated heterocycles. The minimum Gasteiger partial charge on any atom is -0.449 e. The molecule has 1 aromatic heterocycles. The fraction of sp³-hybridized carbons (Fsp3) is 0.360. The van der Waals surface area contributed by atoms with Gasteiger partial charge >= 0.3 is 11.7 Å². The first-order chi connectivity index (χ1) is 18.6. The zero-order valence-electron chi connectivity index (χ0n) is 21.4. The Morgan fingerprint density at radius 3 is 2.59 bits per heavy atom. The van der Waals surface area contributed by atoms with Crippen LogP contribution in [0.4, 0.5) is 10.5 Å². The third-order valence-electron chi connectivity index (χ3n) is 5.13. The molecule has 0 unspecified atom stereocenters. The second-order valence-electron chi connectivity index (χ2n) is 8.24. The molecule has 0 radical (unpaired) electrons. The second-order valence-corrected chi connectivity index (χ2v) is 8.24. The van der Waals surface area contributed by atoms with E-state index in [0.717, 1.165) is 5.56 Å². The van der Waals surface area contributed by atoms with Gasteiger partial charge < -0.3 is 41.9 Å². The number of hydrogen-bond acceptors (Lipinski definition) is 8. The number of aliphatic imine (C=N–C) groups is 1. The zero-order chi connectivity index (χ0) is 28.8. The SMILES string of the molecule is C#CCCOC(=O)NCC(=O)NCC(=O)N[C@@H](CCCN=C(N)N)C(=O)Nc1ccc2c(C)cc(=O)oc2c1. The molecule has 0 aliphatic heterocycles. The maximum absolute atomic E-state index is 13.0. The van der Waals surface area contributed by atoms with Crippen molar-refractivity contribution in [1.29, 1.82) is 0 Å². The number of fused-ring (bicyclic) bond motifs is 1. The molecule has 4 amide bonds. The van der Waals surface area contributed by atoms with E-state index in [1.165, 1.54) is 12.1 Å². The number of nitrogens with zero attached hydrogens (tertiary/aromatic N) is 1. The van der Waals surface area contributed by atoms with E-state index in [1.54, 1.807) is 19.1 Å². The van der Waals surface area contributed by atoms with Crippen LogP contribution in [0.3, 0.4) is 0 Å². The van der Waals surface area contributed by atoms with Crippen LogP contribution in [-0.4, -0.2) is 62.1 Å². The quantitative estimate of drug-likeness (QED) is 0.0628. The summed E-state index contributed by atoms with van der Waals surface area (Å²) < 4.78 is 9.95. The first kappa shape index (κ1) is 30.2. The normalized spacial score (nSPS) is 11.0. The molecule has 14 heteroatoms. The van der Waals surface area contributed by atoms with Gasteiger partial charge in [-0.05, 0) is 37.5 Å². The topological polar surface area (TPSA) is 220 Å². The number of nitrogens with one attached hydrogen (secondary N) is 4. The Morgan fingerprint density at radius 1 is 1.13 bits per heavy atom. The molecular formula is C25H31N7O7. The third-order valence-corrected chi connectivity index (χ3v) is 5.13. The lowest BCUT2D eigenvalue weighted by Crippen LogP contribution is -2.48. The number of anilines is 1. The molecule has 0 fully saturated rings. The fourth-order valence-corrected chi connectivity index (χ4v) is 3.30. The summed E-state index contributed by atoms with van der Waals surface area (Å²) >= 11 is 0. The number of hydrogen-bond donors (Lipinski definition) is 6. The highest BCUT2D eigenvalue weighted by molar-refractivity contribution is 5.99. The van der Waals surface area contributed by atoms with Crippen LogP contribution in [0.2, 0.25) is 0 Å². The van der Waals surface area contributed by atoms with Gasteiger partial charge in [0.15, 0.2) is 5.96 Å². The first-order valence-electron chi connectivity index (χ1n) is 11.9. The summed E-state index contributed by atoms with van der Waals surface area (Å²) in [6.07, 6.45) is 5.00. The number of alkyl carbamates (subject to hydrolysis) is 1.